The SMILES string of the molecule is COc1c2occc2cc2c(Cl)cc(=O)oc12. The first-order chi connectivity index (χ1) is 8.20. The van der Waals surface area contributed by atoms with Crippen molar-refractivity contribution in [2.45, 2.75) is 0 Å². The quantitative estimate of drug-likeness (QED) is 0.623. The molecule has 3 rings (SSSR count). The van der Waals surface area contributed by atoms with Crippen molar-refractivity contribution in [1.82, 2.24) is 0 Å². The van der Waals surface area contributed by atoms with Gasteiger partial charge in [-0.15, -0.1) is 0 Å². The van der Waals surface area contributed by atoms with E-state index >= 15 is 0 Å². The van der Waals surface area contributed by atoms with Crippen molar-refractivity contribution >= 4 is 33.5 Å². The molecule has 17 heavy (non-hydrogen) atoms. The van der Waals surface area contributed by atoms with Crippen LogP contribution in [0, 0.1) is 0 Å². The molecule has 3 aromatic rings. The van der Waals surface area contributed by atoms with Gasteiger partial charge in [0.1, 0.15) is 0 Å². The van der Waals surface area contributed by atoms with E-state index < -0.39 is 5.63 Å². The van der Waals surface area contributed by atoms with E-state index in [0.717, 1.165) is 5.39 Å². The van der Waals surface area contributed by atoms with Crippen molar-refractivity contribution in [3.8, 4) is 5.75 Å². The van der Waals surface area contributed by atoms with E-state index in [1.807, 2.05) is 0 Å². The minimum absolute atomic E-state index is 0.299. The third-order valence-corrected chi connectivity index (χ3v) is 2.87. The maximum atomic E-state index is 11.3. The van der Waals surface area contributed by atoms with Gasteiger partial charge in [0.2, 0.25) is 5.75 Å². The standard InChI is InChI=1S/C12H7ClO4/c1-15-12-10-6(2-3-16-10)4-7-8(13)5-9(14)17-11(7)12/h2-5H,1H3. The molecular weight excluding hydrogens is 244 g/mol. The zero-order chi connectivity index (χ0) is 12.0. The second kappa shape index (κ2) is 3.53. The van der Waals surface area contributed by atoms with E-state index in [0.29, 0.717) is 27.3 Å². The first-order valence-corrected chi connectivity index (χ1v) is 5.26. The van der Waals surface area contributed by atoms with Crippen molar-refractivity contribution in [3.05, 3.63) is 39.9 Å². The number of fused-ring (bicyclic) bond motifs is 2. The summed E-state index contributed by atoms with van der Waals surface area (Å²) in [6.45, 7) is 0. The van der Waals surface area contributed by atoms with Crippen molar-refractivity contribution in [2.24, 2.45) is 0 Å². The largest absolute Gasteiger partial charge is 0.490 e. The van der Waals surface area contributed by atoms with E-state index in [4.69, 9.17) is 25.2 Å². The summed E-state index contributed by atoms with van der Waals surface area (Å²) < 4.78 is 15.6. The lowest BCUT2D eigenvalue weighted by molar-refractivity contribution is 0.403. The van der Waals surface area contributed by atoms with E-state index in [-0.39, 0.29) is 0 Å². The normalized spacial score (nSPS) is 11.2. The third-order valence-electron chi connectivity index (χ3n) is 2.56. The molecule has 0 aliphatic heterocycles. The fraction of sp³-hybridized carbons (Fsp3) is 0.0833. The maximum absolute atomic E-state index is 11.3. The molecule has 2 aromatic heterocycles. The van der Waals surface area contributed by atoms with Gasteiger partial charge in [-0.1, -0.05) is 11.6 Å². The Morgan fingerprint density at radius 3 is 2.88 bits per heavy atom. The summed E-state index contributed by atoms with van der Waals surface area (Å²) in [5.74, 6) is 0.377. The van der Waals surface area contributed by atoms with Crippen LogP contribution < -0.4 is 10.4 Å². The number of furan rings is 1. The van der Waals surface area contributed by atoms with E-state index in [2.05, 4.69) is 0 Å². The summed E-state index contributed by atoms with van der Waals surface area (Å²) in [7, 11) is 1.48. The third kappa shape index (κ3) is 1.41. The molecule has 0 atom stereocenters. The Labute approximate surface area is 100 Å². The highest BCUT2D eigenvalue weighted by molar-refractivity contribution is 6.35. The van der Waals surface area contributed by atoms with Gasteiger partial charge in [0.25, 0.3) is 0 Å². The van der Waals surface area contributed by atoms with Crippen molar-refractivity contribution < 1.29 is 13.6 Å². The summed E-state index contributed by atoms with van der Waals surface area (Å²) in [6, 6.07) is 4.82. The summed E-state index contributed by atoms with van der Waals surface area (Å²) in [4.78, 5) is 11.3. The van der Waals surface area contributed by atoms with Gasteiger partial charge in [-0.3, -0.25) is 0 Å². The Morgan fingerprint density at radius 2 is 2.12 bits per heavy atom. The molecule has 0 unspecified atom stereocenters. The number of hydrogen-bond acceptors (Lipinski definition) is 4. The van der Waals surface area contributed by atoms with Crippen molar-refractivity contribution in [2.75, 3.05) is 7.11 Å². The number of benzene rings is 1. The fourth-order valence-corrected chi connectivity index (χ4v) is 2.07. The van der Waals surface area contributed by atoms with Gasteiger partial charge in [0, 0.05) is 16.8 Å². The van der Waals surface area contributed by atoms with Crippen LogP contribution in [0.5, 0.6) is 5.75 Å². The number of halogens is 1. The molecule has 5 heteroatoms. The molecule has 86 valence electrons. The van der Waals surface area contributed by atoms with Crippen LogP contribution in [0.2, 0.25) is 5.02 Å². The lowest BCUT2D eigenvalue weighted by Crippen LogP contribution is -1.97. The molecular formula is C12H7ClO4. The second-order valence-electron chi connectivity index (χ2n) is 3.54. The van der Waals surface area contributed by atoms with E-state index in [1.165, 1.54) is 19.4 Å². The monoisotopic (exact) mass is 250 g/mol. The maximum Gasteiger partial charge on any atom is 0.337 e. The molecule has 0 radical (unpaired) electrons. The molecule has 0 aliphatic carbocycles. The minimum Gasteiger partial charge on any atom is -0.490 e. The average Bonchev–Trinajstić information content (AvgIpc) is 2.74. The number of hydrogen-bond donors (Lipinski definition) is 0. The number of ether oxygens (including phenoxy) is 1. The van der Waals surface area contributed by atoms with Gasteiger partial charge in [-0.2, -0.15) is 0 Å². The Hall–Kier alpha value is -1.94. The van der Waals surface area contributed by atoms with Gasteiger partial charge >= 0.3 is 5.63 Å². The van der Waals surface area contributed by atoms with Gasteiger partial charge < -0.3 is 13.6 Å². The van der Waals surface area contributed by atoms with Gasteiger partial charge in [-0.25, -0.2) is 4.79 Å². The molecule has 0 aliphatic rings. The van der Waals surface area contributed by atoms with Crippen LogP contribution in [-0.2, 0) is 0 Å². The lowest BCUT2D eigenvalue weighted by Gasteiger charge is -2.05. The van der Waals surface area contributed by atoms with Crippen LogP contribution in [0.4, 0.5) is 0 Å². The highest BCUT2D eigenvalue weighted by Gasteiger charge is 2.15. The van der Waals surface area contributed by atoms with E-state index in [1.54, 1.807) is 12.1 Å². The second-order valence-corrected chi connectivity index (χ2v) is 3.95. The Balaban J connectivity index is 2.63. The average molecular weight is 251 g/mol. The molecule has 0 amide bonds. The molecule has 2 heterocycles. The topological polar surface area (TPSA) is 52.6 Å². The Kier molecular flexibility index (Phi) is 2.12. The molecule has 0 N–H and O–H groups in total. The summed E-state index contributed by atoms with van der Waals surface area (Å²) in [5.41, 5.74) is 0.310. The van der Waals surface area contributed by atoms with Gasteiger partial charge in [-0.05, 0) is 12.1 Å². The zero-order valence-electron chi connectivity index (χ0n) is 8.82. The summed E-state index contributed by atoms with van der Waals surface area (Å²) >= 11 is 6.01. The minimum atomic E-state index is -0.522. The first-order valence-electron chi connectivity index (χ1n) is 4.88. The molecule has 0 bridgehead atoms. The number of methoxy groups -OCH3 is 1. The highest BCUT2D eigenvalue weighted by atomic mass is 35.5. The summed E-state index contributed by atoms with van der Waals surface area (Å²) in [5, 5.41) is 1.79. The molecule has 0 spiro atoms. The zero-order valence-corrected chi connectivity index (χ0v) is 9.58. The van der Waals surface area contributed by atoms with Crippen molar-refractivity contribution in [1.29, 1.82) is 0 Å². The predicted octanol–water partition coefficient (Wildman–Crippen LogP) is 3.20. The van der Waals surface area contributed by atoms with Crippen LogP contribution in [0.25, 0.3) is 21.9 Å². The summed E-state index contributed by atoms with van der Waals surface area (Å²) in [6.07, 6.45) is 1.54. The highest BCUT2D eigenvalue weighted by Crippen LogP contribution is 2.37. The number of rotatable bonds is 1. The van der Waals surface area contributed by atoms with Crippen LogP contribution in [-0.4, -0.2) is 7.11 Å². The predicted molar refractivity (Wildman–Crippen MR) is 63.8 cm³/mol. The lowest BCUT2D eigenvalue weighted by atomic mass is 10.1. The molecule has 0 saturated heterocycles. The Morgan fingerprint density at radius 1 is 1.29 bits per heavy atom. The van der Waals surface area contributed by atoms with Gasteiger partial charge in [0.15, 0.2) is 11.2 Å². The molecule has 0 saturated carbocycles. The van der Waals surface area contributed by atoms with Gasteiger partial charge in [0.05, 0.1) is 18.4 Å². The van der Waals surface area contributed by atoms with Crippen molar-refractivity contribution in [3.63, 3.8) is 0 Å². The first kappa shape index (κ1) is 10.2. The molecule has 4 nitrogen and oxygen atoms in total. The van der Waals surface area contributed by atoms with Crippen LogP contribution in [0.1, 0.15) is 0 Å². The molecule has 0 fully saturated rings. The van der Waals surface area contributed by atoms with Crippen LogP contribution in [0.15, 0.2) is 38.1 Å². The smallest absolute Gasteiger partial charge is 0.337 e. The van der Waals surface area contributed by atoms with Crippen LogP contribution in [0.3, 0.4) is 0 Å². The molecule has 1 aromatic carbocycles. The fourth-order valence-electron chi connectivity index (χ4n) is 1.84. The Bertz CT molecular complexity index is 769. The van der Waals surface area contributed by atoms with Crippen LogP contribution >= 0.6 is 11.6 Å². The van der Waals surface area contributed by atoms with E-state index in [9.17, 15) is 4.79 Å².